The fourth-order valence-corrected chi connectivity index (χ4v) is 1.37. The monoisotopic (exact) mass is 221 g/mol. The lowest BCUT2D eigenvalue weighted by Crippen LogP contribution is -2.31. The fourth-order valence-electron chi connectivity index (χ4n) is 1.37. The van der Waals surface area contributed by atoms with Gasteiger partial charge < -0.3 is 10.8 Å². The van der Waals surface area contributed by atoms with Crippen molar-refractivity contribution in [1.29, 1.82) is 5.41 Å². The Balaban J connectivity index is 2.65. The van der Waals surface area contributed by atoms with Gasteiger partial charge in [0.25, 0.3) is 0 Å². The molecule has 0 aromatic heterocycles. The Morgan fingerprint density at radius 3 is 2.44 bits per heavy atom. The molecule has 0 radical (unpaired) electrons. The number of rotatable bonds is 5. The van der Waals surface area contributed by atoms with E-state index in [1.165, 1.54) is 0 Å². The SMILES string of the molecule is CC(CO)N(C)Cc1ccc(C(=N)N)cc1. The Bertz CT molecular complexity index is 348. The number of aliphatic hydroxyl groups is 1. The zero-order chi connectivity index (χ0) is 12.1. The molecule has 0 saturated heterocycles. The topological polar surface area (TPSA) is 73.3 Å². The molecular formula is C12H19N3O. The van der Waals surface area contributed by atoms with Gasteiger partial charge in [0.05, 0.1) is 6.61 Å². The molecule has 4 heteroatoms. The van der Waals surface area contributed by atoms with Crippen LogP contribution < -0.4 is 5.73 Å². The van der Waals surface area contributed by atoms with Crippen molar-refractivity contribution in [1.82, 2.24) is 4.90 Å². The standard InChI is InChI=1S/C12H19N3O/c1-9(8-16)15(2)7-10-3-5-11(6-4-10)12(13)14/h3-6,9,16H,7-8H2,1-2H3,(H3,13,14). The van der Waals surface area contributed by atoms with Crippen molar-refractivity contribution < 1.29 is 5.11 Å². The van der Waals surface area contributed by atoms with Crippen molar-refractivity contribution in [2.24, 2.45) is 5.73 Å². The molecule has 0 fully saturated rings. The Hall–Kier alpha value is -1.39. The molecule has 0 aliphatic heterocycles. The molecule has 1 aromatic carbocycles. The molecule has 0 aliphatic carbocycles. The van der Waals surface area contributed by atoms with Gasteiger partial charge in [-0.05, 0) is 19.5 Å². The van der Waals surface area contributed by atoms with Crippen LogP contribution in [0.1, 0.15) is 18.1 Å². The van der Waals surface area contributed by atoms with Gasteiger partial charge in [-0.1, -0.05) is 24.3 Å². The van der Waals surface area contributed by atoms with Gasteiger partial charge in [0.15, 0.2) is 0 Å². The Labute approximate surface area is 96.2 Å². The van der Waals surface area contributed by atoms with E-state index in [4.69, 9.17) is 16.2 Å². The second kappa shape index (κ2) is 5.63. The van der Waals surface area contributed by atoms with Crippen molar-refractivity contribution in [2.75, 3.05) is 13.7 Å². The maximum atomic E-state index is 9.01. The summed E-state index contributed by atoms with van der Waals surface area (Å²) in [5.41, 5.74) is 7.26. The van der Waals surface area contributed by atoms with Crippen molar-refractivity contribution in [2.45, 2.75) is 19.5 Å². The third kappa shape index (κ3) is 3.32. The van der Waals surface area contributed by atoms with Crippen LogP contribution in [0.2, 0.25) is 0 Å². The number of nitrogen functional groups attached to an aromatic ring is 1. The minimum Gasteiger partial charge on any atom is -0.395 e. The maximum absolute atomic E-state index is 9.01. The molecule has 1 atom stereocenters. The van der Waals surface area contributed by atoms with Crippen LogP contribution in [0, 0.1) is 5.41 Å². The molecule has 0 bridgehead atoms. The molecule has 0 heterocycles. The van der Waals surface area contributed by atoms with Crippen LogP contribution in [0.3, 0.4) is 0 Å². The number of hydrogen-bond donors (Lipinski definition) is 3. The number of hydrogen-bond acceptors (Lipinski definition) is 3. The first-order valence-electron chi connectivity index (χ1n) is 5.29. The average molecular weight is 221 g/mol. The summed E-state index contributed by atoms with van der Waals surface area (Å²) in [4.78, 5) is 2.07. The molecular weight excluding hydrogens is 202 g/mol. The van der Waals surface area contributed by atoms with E-state index in [1.807, 2.05) is 38.2 Å². The Morgan fingerprint density at radius 1 is 1.44 bits per heavy atom. The average Bonchev–Trinajstić information content (AvgIpc) is 2.28. The highest BCUT2D eigenvalue weighted by molar-refractivity contribution is 5.94. The number of aliphatic hydroxyl groups excluding tert-OH is 1. The molecule has 1 rings (SSSR count). The number of nitrogens with one attached hydrogen (secondary N) is 1. The molecule has 4 nitrogen and oxygen atoms in total. The van der Waals surface area contributed by atoms with E-state index < -0.39 is 0 Å². The van der Waals surface area contributed by atoms with Gasteiger partial charge in [-0.15, -0.1) is 0 Å². The van der Waals surface area contributed by atoms with Gasteiger partial charge in [-0.2, -0.15) is 0 Å². The summed E-state index contributed by atoms with van der Waals surface area (Å²) in [6.07, 6.45) is 0. The molecule has 0 aliphatic rings. The fraction of sp³-hybridized carbons (Fsp3) is 0.417. The Kier molecular flexibility index (Phi) is 4.46. The predicted molar refractivity (Wildman–Crippen MR) is 65.5 cm³/mol. The van der Waals surface area contributed by atoms with E-state index in [-0.39, 0.29) is 18.5 Å². The minimum absolute atomic E-state index is 0.0867. The minimum atomic E-state index is 0.0867. The Morgan fingerprint density at radius 2 is 2.00 bits per heavy atom. The predicted octanol–water partition coefficient (Wildman–Crippen LogP) is 0.783. The van der Waals surface area contributed by atoms with Crippen LogP contribution in [0.15, 0.2) is 24.3 Å². The third-order valence-corrected chi connectivity index (χ3v) is 2.71. The van der Waals surface area contributed by atoms with E-state index in [9.17, 15) is 0 Å². The molecule has 0 amide bonds. The molecule has 16 heavy (non-hydrogen) atoms. The van der Waals surface area contributed by atoms with E-state index in [0.29, 0.717) is 0 Å². The zero-order valence-electron chi connectivity index (χ0n) is 9.77. The van der Waals surface area contributed by atoms with Crippen LogP contribution in [0.4, 0.5) is 0 Å². The van der Waals surface area contributed by atoms with Crippen molar-refractivity contribution >= 4 is 5.84 Å². The van der Waals surface area contributed by atoms with E-state index in [2.05, 4.69) is 4.90 Å². The van der Waals surface area contributed by atoms with Gasteiger partial charge in [-0.25, -0.2) is 0 Å². The maximum Gasteiger partial charge on any atom is 0.122 e. The highest BCUT2D eigenvalue weighted by Gasteiger charge is 2.08. The summed E-state index contributed by atoms with van der Waals surface area (Å²) in [6, 6.07) is 7.74. The normalized spacial score (nSPS) is 12.8. The summed E-state index contributed by atoms with van der Waals surface area (Å²) in [7, 11) is 1.97. The van der Waals surface area contributed by atoms with Crippen molar-refractivity contribution in [3.05, 3.63) is 35.4 Å². The summed E-state index contributed by atoms with van der Waals surface area (Å²) >= 11 is 0. The molecule has 0 saturated carbocycles. The lowest BCUT2D eigenvalue weighted by atomic mass is 10.1. The molecule has 1 aromatic rings. The first-order chi connectivity index (χ1) is 7.54. The van der Waals surface area contributed by atoms with Crippen LogP contribution in [-0.2, 0) is 6.54 Å². The van der Waals surface area contributed by atoms with E-state index >= 15 is 0 Å². The molecule has 0 spiro atoms. The largest absolute Gasteiger partial charge is 0.395 e. The van der Waals surface area contributed by atoms with Gasteiger partial charge >= 0.3 is 0 Å². The number of amidine groups is 1. The smallest absolute Gasteiger partial charge is 0.122 e. The number of benzene rings is 1. The van der Waals surface area contributed by atoms with E-state index in [1.54, 1.807) is 0 Å². The number of nitrogens with two attached hydrogens (primary N) is 1. The highest BCUT2D eigenvalue weighted by atomic mass is 16.3. The number of nitrogens with zero attached hydrogens (tertiary/aromatic N) is 1. The van der Waals surface area contributed by atoms with Crippen LogP contribution in [0.5, 0.6) is 0 Å². The summed E-state index contributed by atoms with van der Waals surface area (Å²) in [5.74, 6) is 0.0867. The van der Waals surface area contributed by atoms with Crippen LogP contribution in [0.25, 0.3) is 0 Å². The first-order valence-corrected chi connectivity index (χ1v) is 5.29. The second-order valence-corrected chi connectivity index (χ2v) is 4.06. The summed E-state index contributed by atoms with van der Waals surface area (Å²) < 4.78 is 0. The first kappa shape index (κ1) is 12.7. The molecule has 4 N–H and O–H groups in total. The summed E-state index contributed by atoms with van der Waals surface area (Å²) in [6.45, 7) is 2.91. The second-order valence-electron chi connectivity index (χ2n) is 4.06. The third-order valence-electron chi connectivity index (χ3n) is 2.71. The van der Waals surface area contributed by atoms with Gasteiger partial charge in [0.1, 0.15) is 5.84 Å². The quantitative estimate of drug-likeness (QED) is 0.508. The lowest BCUT2D eigenvalue weighted by molar-refractivity contribution is 0.154. The van der Waals surface area contributed by atoms with Gasteiger partial charge in [0.2, 0.25) is 0 Å². The van der Waals surface area contributed by atoms with Gasteiger partial charge in [-0.3, -0.25) is 10.3 Å². The summed E-state index contributed by atoms with van der Waals surface area (Å²) in [5, 5.41) is 16.3. The van der Waals surface area contributed by atoms with E-state index in [0.717, 1.165) is 17.7 Å². The van der Waals surface area contributed by atoms with Crippen LogP contribution >= 0.6 is 0 Å². The molecule has 1 unspecified atom stereocenters. The lowest BCUT2D eigenvalue weighted by Gasteiger charge is -2.22. The van der Waals surface area contributed by atoms with Crippen molar-refractivity contribution in [3.63, 3.8) is 0 Å². The zero-order valence-corrected chi connectivity index (χ0v) is 9.77. The number of likely N-dealkylation sites (N-methyl/N-ethyl adjacent to an activating group) is 1. The van der Waals surface area contributed by atoms with Crippen LogP contribution in [-0.4, -0.2) is 35.5 Å². The van der Waals surface area contributed by atoms with Gasteiger partial charge in [0, 0.05) is 18.2 Å². The highest BCUT2D eigenvalue weighted by Crippen LogP contribution is 2.08. The van der Waals surface area contributed by atoms with Crippen molar-refractivity contribution in [3.8, 4) is 0 Å². The molecule has 88 valence electrons.